The number of hydrogen-bond acceptors (Lipinski definition) is 4. The molecular formula is C19H13F2NO4S. The van der Waals surface area contributed by atoms with E-state index in [-0.39, 0.29) is 38.6 Å². The number of carbonyl (C=O) groups is 2. The topological polar surface area (TPSA) is 86.6 Å². The number of benzene rings is 2. The Kier molecular flexibility index (Phi) is 4.91. The number of aromatic carboxylic acids is 1. The molecule has 0 fully saturated rings. The summed E-state index contributed by atoms with van der Waals surface area (Å²) in [5, 5.41) is 22.8. The highest BCUT2D eigenvalue weighted by Gasteiger charge is 2.24. The minimum atomic E-state index is -1.39. The molecule has 2 aromatic carbocycles. The SMILES string of the molecule is Cc1ccc(-c2csc(NC(=O)c3cccc(O)c3)c2C(=O)O)c(F)c1F. The van der Waals surface area contributed by atoms with E-state index in [1.807, 2.05) is 0 Å². The molecule has 0 aliphatic carbocycles. The Morgan fingerprint density at radius 1 is 1.07 bits per heavy atom. The summed E-state index contributed by atoms with van der Waals surface area (Å²) >= 11 is 0.881. The first-order valence-corrected chi connectivity index (χ1v) is 8.57. The Labute approximate surface area is 156 Å². The molecule has 138 valence electrons. The summed E-state index contributed by atoms with van der Waals surface area (Å²) in [4.78, 5) is 24.0. The van der Waals surface area contributed by atoms with Gasteiger partial charge in [-0.2, -0.15) is 0 Å². The number of aryl methyl sites for hydroxylation is 1. The summed E-state index contributed by atoms with van der Waals surface area (Å²) in [7, 11) is 0. The standard InChI is InChI=1S/C19H13F2NO4S/c1-9-5-6-12(16(21)15(9)20)13-8-27-18(14(13)19(25)26)22-17(24)10-3-2-4-11(23)7-10/h2-8,23H,1H3,(H,22,24)(H,25,26). The van der Waals surface area contributed by atoms with E-state index in [0.717, 1.165) is 11.3 Å². The molecule has 0 spiro atoms. The number of halogens is 2. The zero-order valence-corrected chi connectivity index (χ0v) is 14.7. The highest BCUT2D eigenvalue weighted by Crippen LogP contribution is 2.38. The van der Waals surface area contributed by atoms with Crippen molar-refractivity contribution in [1.82, 2.24) is 0 Å². The van der Waals surface area contributed by atoms with Gasteiger partial charge in [-0.1, -0.05) is 18.2 Å². The molecule has 3 rings (SSSR count). The number of rotatable bonds is 4. The highest BCUT2D eigenvalue weighted by atomic mass is 32.1. The zero-order valence-electron chi connectivity index (χ0n) is 13.9. The molecule has 1 amide bonds. The van der Waals surface area contributed by atoms with Crippen LogP contribution in [-0.2, 0) is 0 Å². The van der Waals surface area contributed by atoms with Gasteiger partial charge in [0.1, 0.15) is 16.3 Å². The van der Waals surface area contributed by atoms with E-state index in [1.165, 1.54) is 48.7 Å². The fourth-order valence-electron chi connectivity index (χ4n) is 2.54. The van der Waals surface area contributed by atoms with Crippen molar-refractivity contribution in [3.8, 4) is 16.9 Å². The van der Waals surface area contributed by atoms with Crippen LogP contribution < -0.4 is 5.32 Å². The molecule has 27 heavy (non-hydrogen) atoms. The molecule has 8 heteroatoms. The molecule has 0 unspecified atom stereocenters. The second-order valence-corrected chi connectivity index (χ2v) is 6.60. The summed E-state index contributed by atoms with van der Waals surface area (Å²) in [6.45, 7) is 1.40. The van der Waals surface area contributed by atoms with Crippen molar-refractivity contribution in [3.63, 3.8) is 0 Å². The number of anilines is 1. The van der Waals surface area contributed by atoms with Crippen LogP contribution in [0.5, 0.6) is 5.75 Å². The molecule has 0 saturated carbocycles. The molecule has 3 N–H and O–H groups in total. The number of carbonyl (C=O) groups excluding carboxylic acids is 1. The summed E-state index contributed by atoms with van der Waals surface area (Å²) in [6.07, 6.45) is 0. The number of carboxylic acid groups (broad SMARTS) is 1. The maximum Gasteiger partial charge on any atom is 0.339 e. The highest BCUT2D eigenvalue weighted by molar-refractivity contribution is 7.15. The van der Waals surface area contributed by atoms with Crippen LogP contribution in [-0.4, -0.2) is 22.1 Å². The Balaban J connectivity index is 2.03. The van der Waals surface area contributed by atoms with Crippen molar-refractivity contribution in [2.24, 2.45) is 0 Å². The molecular weight excluding hydrogens is 376 g/mol. The third-order valence-corrected chi connectivity index (χ3v) is 4.80. The molecule has 0 atom stereocenters. The number of hydrogen-bond donors (Lipinski definition) is 3. The van der Waals surface area contributed by atoms with Gasteiger partial charge in [0.2, 0.25) is 0 Å². The van der Waals surface area contributed by atoms with E-state index >= 15 is 0 Å². The molecule has 0 aliphatic heterocycles. The van der Waals surface area contributed by atoms with Crippen LogP contribution in [0.2, 0.25) is 0 Å². The monoisotopic (exact) mass is 389 g/mol. The van der Waals surface area contributed by atoms with Crippen LogP contribution >= 0.6 is 11.3 Å². The van der Waals surface area contributed by atoms with Crippen LogP contribution in [0.4, 0.5) is 13.8 Å². The van der Waals surface area contributed by atoms with Crippen molar-refractivity contribution in [2.75, 3.05) is 5.32 Å². The average Bonchev–Trinajstić information content (AvgIpc) is 3.03. The van der Waals surface area contributed by atoms with Gasteiger partial charge in [0.05, 0.1) is 0 Å². The Bertz CT molecular complexity index is 1060. The van der Waals surface area contributed by atoms with Crippen LogP contribution in [0, 0.1) is 18.6 Å². The second kappa shape index (κ2) is 7.16. The third kappa shape index (κ3) is 3.52. The number of carboxylic acids is 1. The fraction of sp³-hybridized carbons (Fsp3) is 0.0526. The van der Waals surface area contributed by atoms with Gasteiger partial charge in [0.15, 0.2) is 11.6 Å². The van der Waals surface area contributed by atoms with Gasteiger partial charge in [0, 0.05) is 22.1 Å². The maximum atomic E-state index is 14.3. The third-order valence-electron chi connectivity index (χ3n) is 3.91. The average molecular weight is 389 g/mol. The van der Waals surface area contributed by atoms with Crippen molar-refractivity contribution >= 4 is 28.2 Å². The lowest BCUT2D eigenvalue weighted by Crippen LogP contribution is -2.13. The fourth-order valence-corrected chi connectivity index (χ4v) is 3.48. The minimum Gasteiger partial charge on any atom is -0.508 e. The van der Waals surface area contributed by atoms with Gasteiger partial charge >= 0.3 is 5.97 Å². The molecule has 0 radical (unpaired) electrons. The Morgan fingerprint density at radius 3 is 2.48 bits per heavy atom. The van der Waals surface area contributed by atoms with Gasteiger partial charge in [-0.25, -0.2) is 13.6 Å². The summed E-state index contributed by atoms with van der Waals surface area (Å²) in [5.74, 6) is -4.36. The van der Waals surface area contributed by atoms with Crippen molar-refractivity contribution in [3.05, 3.63) is 70.1 Å². The van der Waals surface area contributed by atoms with E-state index in [9.17, 15) is 28.6 Å². The second-order valence-electron chi connectivity index (χ2n) is 5.72. The van der Waals surface area contributed by atoms with Crippen LogP contribution in [0.1, 0.15) is 26.3 Å². The molecule has 3 aromatic rings. The molecule has 0 saturated heterocycles. The van der Waals surface area contributed by atoms with Gasteiger partial charge in [-0.15, -0.1) is 11.3 Å². The van der Waals surface area contributed by atoms with Crippen molar-refractivity contribution < 1.29 is 28.6 Å². The summed E-state index contributed by atoms with van der Waals surface area (Å²) < 4.78 is 28.2. The van der Waals surface area contributed by atoms with Gasteiger partial charge < -0.3 is 15.5 Å². The van der Waals surface area contributed by atoms with Gasteiger partial charge in [0.25, 0.3) is 5.91 Å². The van der Waals surface area contributed by atoms with Crippen molar-refractivity contribution in [1.29, 1.82) is 0 Å². The molecule has 5 nitrogen and oxygen atoms in total. The quantitative estimate of drug-likeness (QED) is 0.606. The van der Waals surface area contributed by atoms with Crippen molar-refractivity contribution in [2.45, 2.75) is 6.92 Å². The smallest absolute Gasteiger partial charge is 0.339 e. The lowest BCUT2D eigenvalue weighted by Gasteiger charge is -2.08. The Morgan fingerprint density at radius 2 is 1.81 bits per heavy atom. The van der Waals surface area contributed by atoms with E-state index in [1.54, 1.807) is 0 Å². The van der Waals surface area contributed by atoms with E-state index in [2.05, 4.69) is 5.32 Å². The molecule has 1 aromatic heterocycles. The van der Waals surface area contributed by atoms with Crippen LogP contribution in [0.3, 0.4) is 0 Å². The zero-order chi connectivity index (χ0) is 19.7. The van der Waals surface area contributed by atoms with Crippen LogP contribution in [0.15, 0.2) is 41.8 Å². The van der Waals surface area contributed by atoms with E-state index in [4.69, 9.17) is 0 Å². The predicted molar refractivity (Wildman–Crippen MR) is 97.4 cm³/mol. The molecule has 0 bridgehead atoms. The largest absolute Gasteiger partial charge is 0.508 e. The van der Waals surface area contributed by atoms with E-state index in [0.29, 0.717) is 0 Å². The summed E-state index contributed by atoms with van der Waals surface area (Å²) in [6, 6.07) is 8.16. The Hall–Kier alpha value is -3.26. The number of aromatic hydroxyl groups is 1. The number of phenols is 1. The first-order valence-electron chi connectivity index (χ1n) is 7.69. The number of phenolic OH excluding ortho intramolecular Hbond substituents is 1. The number of nitrogens with one attached hydrogen (secondary N) is 1. The van der Waals surface area contributed by atoms with Crippen LogP contribution in [0.25, 0.3) is 11.1 Å². The molecule has 0 aliphatic rings. The lowest BCUT2D eigenvalue weighted by molar-refractivity contribution is 0.0699. The predicted octanol–water partition coefficient (Wildman–Crippen LogP) is 4.66. The van der Waals surface area contributed by atoms with E-state index < -0.39 is 23.5 Å². The minimum absolute atomic E-state index is 0.0220. The molecule has 1 heterocycles. The van der Waals surface area contributed by atoms with Gasteiger partial charge in [-0.3, -0.25) is 4.79 Å². The number of amides is 1. The maximum absolute atomic E-state index is 14.3. The first kappa shape index (κ1) is 18.5. The lowest BCUT2D eigenvalue weighted by atomic mass is 10.0. The first-order chi connectivity index (χ1) is 12.8. The number of thiophene rings is 1. The van der Waals surface area contributed by atoms with Gasteiger partial charge in [-0.05, 0) is 30.7 Å². The normalized spacial score (nSPS) is 10.6. The summed E-state index contributed by atoms with van der Waals surface area (Å²) in [5.41, 5.74) is -0.356.